The van der Waals surface area contributed by atoms with Gasteiger partial charge in [0.15, 0.2) is 0 Å². The second-order valence-electron chi connectivity index (χ2n) is 7.74. The molecule has 2 rings (SSSR count). The molecule has 0 fully saturated rings. The Labute approximate surface area is 189 Å². The van der Waals surface area contributed by atoms with E-state index in [4.69, 9.17) is 15.6 Å². The lowest BCUT2D eigenvalue weighted by Crippen LogP contribution is -2.12. The number of aryl methyl sites for hydroxylation is 1. The molecule has 0 aliphatic heterocycles. The first-order valence-electron chi connectivity index (χ1n) is 10.6. The molecule has 31 heavy (non-hydrogen) atoms. The number of ether oxygens (including phenoxy) is 1. The number of aromatic nitrogens is 2. The van der Waals surface area contributed by atoms with Crippen LogP contribution < -0.4 is 11.5 Å². The average Bonchev–Trinajstić information content (AvgIpc) is 3.12. The number of nitrogens with two attached hydrogens (primary N) is 2. The molecule has 5 N–H and O–H groups in total. The van der Waals surface area contributed by atoms with Crippen LogP contribution in [-0.2, 0) is 10.2 Å². The number of anilines is 1. The number of rotatable bonds is 4. The van der Waals surface area contributed by atoms with Gasteiger partial charge < -0.3 is 21.3 Å². The Balaban J connectivity index is 0. The Hall–Kier alpha value is -2.57. The van der Waals surface area contributed by atoms with Crippen molar-refractivity contribution in [3.8, 4) is 5.69 Å². The van der Waals surface area contributed by atoms with Crippen LogP contribution in [0, 0.1) is 6.92 Å². The van der Waals surface area contributed by atoms with E-state index < -0.39 is 0 Å². The highest BCUT2D eigenvalue weighted by Crippen LogP contribution is 2.25. The maximum atomic E-state index is 7.35. The average molecular weight is 433 g/mol. The highest BCUT2D eigenvalue weighted by Gasteiger charge is 2.19. The molecule has 2 aromatic rings. The van der Waals surface area contributed by atoms with Gasteiger partial charge in [-0.1, -0.05) is 64.6 Å². The summed E-state index contributed by atoms with van der Waals surface area (Å²) in [4.78, 5) is 0. The van der Waals surface area contributed by atoms with E-state index in [-0.39, 0.29) is 12.1 Å². The number of hydrogen-bond acceptors (Lipinski definition) is 5. The Morgan fingerprint density at radius 3 is 2.06 bits per heavy atom. The Kier molecular flexibility index (Phi) is 16.9. The zero-order chi connectivity index (χ0) is 24.4. The quantitative estimate of drug-likeness (QED) is 0.337. The van der Waals surface area contributed by atoms with Crippen LogP contribution in [0.1, 0.15) is 65.6 Å². The van der Waals surface area contributed by atoms with Crippen LogP contribution in [0.15, 0.2) is 54.8 Å². The van der Waals surface area contributed by atoms with Gasteiger partial charge >= 0.3 is 0 Å². The first-order chi connectivity index (χ1) is 14.5. The van der Waals surface area contributed by atoms with Gasteiger partial charge in [-0.2, -0.15) is 5.10 Å². The summed E-state index contributed by atoms with van der Waals surface area (Å²) in [6.45, 7) is 18.0. The molecule has 0 saturated carbocycles. The monoisotopic (exact) mass is 432 g/mol. The van der Waals surface area contributed by atoms with Gasteiger partial charge in [-0.25, -0.2) is 4.68 Å². The largest absolute Gasteiger partial charge is 0.502 e. The number of benzene rings is 1. The summed E-state index contributed by atoms with van der Waals surface area (Å²) in [6, 6.07) is 10.1. The maximum Gasteiger partial charge on any atom is 0.127 e. The number of hydrogen-bond donors (Lipinski definition) is 3. The van der Waals surface area contributed by atoms with Crippen molar-refractivity contribution in [2.75, 3.05) is 19.6 Å². The van der Waals surface area contributed by atoms with Gasteiger partial charge in [0, 0.05) is 17.9 Å². The van der Waals surface area contributed by atoms with Crippen molar-refractivity contribution in [2.24, 2.45) is 5.73 Å². The molecule has 1 aromatic carbocycles. The van der Waals surface area contributed by atoms with Crippen LogP contribution in [0.3, 0.4) is 0 Å². The van der Waals surface area contributed by atoms with Gasteiger partial charge in [-0.05, 0) is 38.8 Å². The third-order valence-corrected chi connectivity index (χ3v) is 4.00. The standard InChI is InChI=1S/C14H19N3.C6H12O.C4H8.CH5NO/c1-10-7-5-6-8-11(10)17-13(15)9-12(16-17)14(2,3)4;1-4-5-6(2)7-3;1-3-4-2;2-1-3/h5-9H,15H2,1-4H3;2,4-5H2,1,3H3;3-4H,1-2H3;3H,1-2H2/b;;4-3+;. The molecule has 0 unspecified atom stereocenters. The predicted octanol–water partition coefficient (Wildman–Crippen LogP) is 5.48. The molecule has 0 amide bonds. The lowest BCUT2D eigenvalue weighted by molar-refractivity contribution is 0.278. The second-order valence-corrected chi connectivity index (χ2v) is 7.74. The number of para-hydroxylation sites is 1. The molecule has 0 bridgehead atoms. The smallest absolute Gasteiger partial charge is 0.127 e. The first-order valence-corrected chi connectivity index (χ1v) is 10.6. The van der Waals surface area contributed by atoms with E-state index in [2.05, 4.69) is 58.1 Å². The molecule has 0 radical (unpaired) electrons. The molecule has 0 saturated heterocycles. The summed E-state index contributed by atoms with van der Waals surface area (Å²) in [5, 5.41) is 12.0. The van der Waals surface area contributed by atoms with E-state index in [0.717, 1.165) is 30.0 Å². The summed E-state index contributed by atoms with van der Waals surface area (Å²) in [5.41, 5.74) is 13.7. The second kappa shape index (κ2) is 17.1. The van der Waals surface area contributed by atoms with E-state index >= 15 is 0 Å². The lowest BCUT2D eigenvalue weighted by atomic mass is 9.92. The molecule has 0 atom stereocenters. The number of aliphatic hydroxyl groups excluding tert-OH is 1. The fraction of sp³-hybridized carbons (Fsp3) is 0.480. The topological polar surface area (TPSA) is 99.3 Å². The molecular weight excluding hydrogens is 388 g/mol. The highest BCUT2D eigenvalue weighted by atomic mass is 16.5. The van der Waals surface area contributed by atoms with Gasteiger partial charge in [0.2, 0.25) is 0 Å². The number of nitrogens with zero attached hydrogens (tertiary/aromatic N) is 2. The number of allylic oxidation sites excluding steroid dienone is 3. The van der Waals surface area contributed by atoms with Crippen molar-refractivity contribution >= 4 is 5.82 Å². The molecule has 6 heteroatoms. The highest BCUT2D eigenvalue weighted by molar-refractivity contribution is 5.47. The van der Waals surface area contributed by atoms with Crippen molar-refractivity contribution < 1.29 is 9.84 Å². The summed E-state index contributed by atoms with van der Waals surface area (Å²) in [7, 11) is 1.65. The first kappa shape index (κ1) is 30.6. The normalized spacial score (nSPS) is 10.1. The van der Waals surface area contributed by atoms with E-state index in [0.29, 0.717) is 5.82 Å². The Morgan fingerprint density at radius 2 is 1.74 bits per heavy atom. The van der Waals surface area contributed by atoms with Crippen molar-refractivity contribution in [3.05, 3.63) is 66.1 Å². The zero-order valence-corrected chi connectivity index (χ0v) is 20.8. The van der Waals surface area contributed by atoms with E-state index in [1.54, 1.807) is 7.11 Å². The summed E-state index contributed by atoms with van der Waals surface area (Å²) >= 11 is 0. The van der Waals surface area contributed by atoms with Crippen molar-refractivity contribution in [1.82, 2.24) is 9.78 Å². The molecule has 1 aromatic heterocycles. The van der Waals surface area contributed by atoms with E-state index in [9.17, 15) is 0 Å². The van der Waals surface area contributed by atoms with Crippen LogP contribution in [0.5, 0.6) is 0 Å². The molecule has 176 valence electrons. The molecule has 6 nitrogen and oxygen atoms in total. The van der Waals surface area contributed by atoms with Gasteiger partial charge in [0.1, 0.15) is 5.82 Å². The summed E-state index contributed by atoms with van der Waals surface area (Å²) in [5.74, 6) is 1.56. The number of aliphatic hydroxyl groups is 1. The predicted molar refractivity (Wildman–Crippen MR) is 134 cm³/mol. The Bertz CT molecular complexity index is 755. The minimum atomic E-state index is -0.250. The van der Waals surface area contributed by atoms with Gasteiger partial charge in [0.25, 0.3) is 0 Å². The van der Waals surface area contributed by atoms with Gasteiger partial charge in [0.05, 0.1) is 31.0 Å². The minimum absolute atomic E-state index is 0.0159. The van der Waals surface area contributed by atoms with Gasteiger partial charge in [-0.15, -0.1) is 0 Å². The fourth-order valence-corrected chi connectivity index (χ4v) is 2.14. The van der Waals surface area contributed by atoms with Crippen LogP contribution in [0.25, 0.3) is 5.69 Å². The number of methoxy groups -OCH3 is 1. The molecule has 0 spiro atoms. The summed E-state index contributed by atoms with van der Waals surface area (Å²) in [6.07, 6.45) is 6.10. The third-order valence-electron chi connectivity index (χ3n) is 4.00. The van der Waals surface area contributed by atoms with Crippen LogP contribution in [0.4, 0.5) is 5.82 Å². The van der Waals surface area contributed by atoms with E-state index in [1.165, 1.54) is 5.56 Å². The van der Waals surface area contributed by atoms with E-state index in [1.807, 2.05) is 54.9 Å². The van der Waals surface area contributed by atoms with Gasteiger partial charge in [-0.3, -0.25) is 0 Å². The molecule has 0 aliphatic rings. The van der Waals surface area contributed by atoms with Crippen molar-refractivity contribution in [3.63, 3.8) is 0 Å². The lowest BCUT2D eigenvalue weighted by Gasteiger charge is -2.14. The number of nitrogen functional groups attached to an aromatic ring is 1. The van der Waals surface area contributed by atoms with Crippen molar-refractivity contribution in [1.29, 1.82) is 0 Å². The zero-order valence-electron chi connectivity index (χ0n) is 20.8. The van der Waals surface area contributed by atoms with Crippen molar-refractivity contribution in [2.45, 2.75) is 66.7 Å². The van der Waals surface area contributed by atoms with Crippen LogP contribution in [0.2, 0.25) is 0 Å². The van der Waals surface area contributed by atoms with Crippen LogP contribution >= 0.6 is 0 Å². The minimum Gasteiger partial charge on any atom is -0.502 e. The SMILES string of the molecule is C/C=C/C.C=C(CCC)OC.Cc1ccccc1-n1nc(C(C)(C)C)cc1N.NCO. The fourth-order valence-electron chi connectivity index (χ4n) is 2.14. The third kappa shape index (κ3) is 13.4. The molecule has 1 heterocycles. The van der Waals surface area contributed by atoms with Crippen LogP contribution in [-0.4, -0.2) is 28.7 Å². The Morgan fingerprint density at radius 1 is 1.23 bits per heavy atom. The molecule has 0 aliphatic carbocycles. The maximum absolute atomic E-state index is 7.35. The summed E-state index contributed by atoms with van der Waals surface area (Å²) < 4.78 is 6.61. The molecular formula is C25H44N4O2.